The lowest BCUT2D eigenvalue weighted by atomic mass is 10.1. The Morgan fingerprint density at radius 3 is 2.53 bits per heavy atom. The molecule has 3 rings (SSSR count). The van der Waals surface area contributed by atoms with Crippen molar-refractivity contribution in [3.05, 3.63) is 70.0 Å². The molecule has 0 saturated carbocycles. The van der Waals surface area contributed by atoms with E-state index in [4.69, 9.17) is 44.9 Å². The third-order valence-corrected chi connectivity index (χ3v) is 5.35. The van der Waals surface area contributed by atoms with E-state index in [-0.39, 0.29) is 0 Å². The Hall–Kier alpha value is -2.48. The van der Waals surface area contributed by atoms with Gasteiger partial charge in [0.2, 0.25) is 0 Å². The summed E-state index contributed by atoms with van der Waals surface area (Å²) in [6, 6.07) is 11.4. The van der Waals surface area contributed by atoms with Crippen LogP contribution in [0.25, 0.3) is 0 Å². The number of thiocarbonyl (C=S) groups is 1. The first-order valence-electron chi connectivity index (χ1n) is 9.20. The first kappa shape index (κ1) is 22.2. The maximum Gasteiger partial charge on any atom is 0.170 e. The Morgan fingerprint density at radius 1 is 1.03 bits per heavy atom. The summed E-state index contributed by atoms with van der Waals surface area (Å²) in [7, 11) is 3.25. The monoisotopic (exact) mass is 464 g/mol. The van der Waals surface area contributed by atoms with Crippen LogP contribution >= 0.6 is 35.4 Å². The molecule has 0 unspecified atom stereocenters. The number of rotatable bonds is 8. The molecule has 1 heterocycles. The molecule has 2 N–H and O–H groups in total. The number of nitrogens with zero attached hydrogens (tertiary/aromatic N) is 2. The lowest BCUT2D eigenvalue weighted by molar-refractivity contribution is 0.354. The molecule has 0 aliphatic carbocycles. The number of methoxy groups -OCH3 is 2. The van der Waals surface area contributed by atoms with Crippen molar-refractivity contribution in [3.8, 4) is 11.5 Å². The van der Waals surface area contributed by atoms with Crippen LogP contribution in [0.4, 0.5) is 5.69 Å². The number of anilines is 1. The number of benzene rings is 2. The fraction of sp³-hybridized carbons (Fsp3) is 0.238. The van der Waals surface area contributed by atoms with E-state index in [1.807, 2.05) is 36.5 Å². The van der Waals surface area contributed by atoms with E-state index in [1.165, 1.54) is 0 Å². The van der Waals surface area contributed by atoms with Gasteiger partial charge >= 0.3 is 0 Å². The largest absolute Gasteiger partial charge is 0.493 e. The van der Waals surface area contributed by atoms with Gasteiger partial charge in [-0.15, -0.1) is 0 Å². The maximum absolute atomic E-state index is 6.07. The highest BCUT2D eigenvalue weighted by atomic mass is 35.5. The van der Waals surface area contributed by atoms with Gasteiger partial charge in [-0.25, -0.2) is 0 Å². The molecule has 0 spiro atoms. The van der Waals surface area contributed by atoms with Crippen LogP contribution in [0.2, 0.25) is 10.0 Å². The third-order valence-electron chi connectivity index (χ3n) is 4.37. The summed E-state index contributed by atoms with van der Waals surface area (Å²) in [6.07, 6.45) is 4.39. The van der Waals surface area contributed by atoms with E-state index < -0.39 is 0 Å². The average molecular weight is 465 g/mol. The summed E-state index contributed by atoms with van der Waals surface area (Å²) < 4.78 is 12.4. The lowest BCUT2D eigenvalue weighted by Crippen LogP contribution is -2.30. The van der Waals surface area contributed by atoms with E-state index in [9.17, 15) is 0 Å². The van der Waals surface area contributed by atoms with Crippen molar-refractivity contribution >= 4 is 46.2 Å². The van der Waals surface area contributed by atoms with Crippen molar-refractivity contribution in [2.45, 2.75) is 13.0 Å². The fourth-order valence-electron chi connectivity index (χ4n) is 2.87. The number of halogens is 2. The zero-order chi connectivity index (χ0) is 21.5. The van der Waals surface area contributed by atoms with Gasteiger partial charge in [0.05, 0.1) is 42.7 Å². The van der Waals surface area contributed by atoms with Crippen molar-refractivity contribution in [2.75, 3.05) is 26.1 Å². The highest BCUT2D eigenvalue weighted by molar-refractivity contribution is 7.80. The van der Waals surface area contributed by atoms with E-state index in [1.54, 1.807) is 31.2 Å². The molecule has 0 bridgehead atoms. The van der Waals surface area contributed by atoms with Crippen molar-refractivity contribution in [1.82, 2.24) is 15.1 Å². The minimum absolute atomic E-state index is 0.527. The first-order chi connectivity index (χ1) is 14.5. The number of hydrogen-bond acceptors (Lipinski definition) is 4. The van der Waals surface area contributed by atoms with Crippen LogP contribution in [0.5, 0.6) is 11.5 Å². The van der Waals surface area contributed by atoms with Gasteiger partial charge in [0.1, 0.15) is 0 Å². The van der Waals surface area contributed by atoms with E-state index in [0.29, 0.717) is 39.7 Å². The lowest BCUT2D eigenvalue weighted by Gasteiger charge is -2.11. The predicted molar refractivity (Wildman–Crippen MR) is 125 cm³/mol. The molecule has 9 heteroatoms. The minimum Gasteiger partial charge on any atom is -0.493 e. The Bertz CT molecular complexity index is 1030. The summed E-state index contributed by atoms with van der Waals surface area (Å²) in [5.74, 6) is 1.43. The Labute approximate surface area is 191 Å². The molecule has 3 aromatic rings. The maximum atomic E-state index is 6.07. The molecule has 30 heavy (non-hydrogen) atoms. The standard InChI is InChI=1S/C21H22Cl2N4O2S/c1-28-19-6-4-14(10-20(19)29-2)7-8-24-21(30)26-16-11-25-27(13-16)12-15-3-5-17(22)18(23)9-15/h3-6,9-11,13H,7-8,12H2,1-2H3,(H2,24,26,30). The Kier molecular flexibility index (Phi) is 7.79. The molecule has 0 radical (unpaired) electrons. The van der Waals surface area contributed by atoms with E-state index in [0.717, 1.165) is 23.2 Å². The van der Waals surface area contributed by atoms with Gasteiger partial charge < -0.3 is 20.1 Å². The molecule has 0 fully saturated rings. The van der Waals surface area contributed by atoms with Gasteiger partial charge in [0.15, 0.2) is 16.6 Å². The van der Waals surface area contributed by atoms with Gasteiger partial charge in [-0.2, -0.15) is 5.10 Å². The van der Waals surface area contributed by atoms with Crippen LogP contribution in [-0.2, 0) is 13.0 Å². The van der Waals surface area contributed by atoms with Crippen LogP contribution < -0.4 is 20.1 Å². The molecule has 0 aliphatic rings. The summed E-state index contributed by atoms with van der Waals surface area (Å²) >= 11 is 17.4. The smallest absolute Gasteiger partial charge is 0.170 e. The molecular formula is C21H22Cl2N4O2S. The second-order valence-electron chi connectivity index (χ2n) is 6.50. The molecular weight excluding hydrogens is 443 g/mol. The summed E-state index contributed by atoms with van der Waals surface area (Å²) in [5.41, 5.74) is 2.94. The third kappa shape index (κ3) is 6.01. The number of hydrogen-bond donors (Lipinski definition) is 2. The van der Waals surface area contributed by atoms with Gasteiger partial charge in [-0.3, -0.25) is 4.68 Å². The molecule has 158 valence electrons. The number of ether oxygens (including phenoxy) is 2. The van der Waals surface area contributed by atoms with Crippen molar-refractivity contribution in [2.24, 2.45) is 0 Å². The normalized spacial score (nSPS) is 10.5. The summed E-state index contributed by atoms with van der Waals surface area (Å²) in [5, 5.41) is 12.3. The zero-order valence-corrected chi connectivity index (χ0v) is 18.9. The predicted octanol–water partition coefficient (Wildman–Crippen LogP) is 4.78. The Morgan fingerprint density at radius 2 is 1.80 bits per heavy atom. The van der Waals surface area contributed by atoms with E-state index >= 15 is 0 Å². The van der Waals surface area contributed by atoms with Crippen molar-refractivity contribution < 1.29 is 9.47 Å². The summed E-state index contributed by atoms with van der Waals surface area (Å²) in [6.45, 7) is 1.26. The van der Waals surface area contributed by atoms with Gasteiger partial charge in [0, 0.05) is 12.7 Å². The highest BCUT2D eigenvalue weighted by Crippen LogP contribution is 2.27. The number of nitrogens with one attached hydrogen (secondary N) is 2. The van der Waals surface area contributed by atoms with Crippen LogP contribution in [0, 0.1) is 0 Å². The second-order valence-corrected chi connectivity index (χ2v) is 7.72. The SMILES string of the molecule is COc1ccc(CCNC(=S)Nc2cnn(Cc3ccc(Cl)c(Cl)c3)c2)cc1OC. The summed E-state index contributed by atoms with van der Waals surface area (Å²) in [4.78, 5) is 0. The quantitative estimate of drug-likeness (QED) is 0.467. The molecule has 0 amide bonds. The molecule has 0 atom stereocenters. The van der Waals surface area contributed by atoms with Crippen LogP contribution in [0.15, 0.2) is 48.8 Å². The fourth-order valence-corrected chi connectivity index (χ4v) is 3.41. The van der Waals surface area contributed by atoms with Crippen molar-refractivity contribution in [1.29, 1.82) is 0 Å². The van der Waals surface area contributed by atoms with Gasteiger partial charge in [-0.05, 0) is 54.0 Å². The minimum atomic E-state index is 0.527. The Balaban J connectivity index is 1.48. The molecule has 1 aromatic heterocycles. The first-order valence-corrected chi connectivity index (χ1v) is 10.4. The van der Waals surface area contributed by atoms with Crippen LogP contribution in [0.3, 0.4) is 0 Å². The van der Waals surface area contributed by atoms with Crippen molar-refractivity contribution in [3.63, 3.8) is 0 Å². The zero-order valence-electron chi connectivity index (χ0n) is 16.6. The second kappa shape index (κ2) is 10.5. The van der Waals surface area contributed by atoms with Gasteiger partial charge in [-0.1, -0.05) is 35.3 Å². The molecule has 0 saturated heterocycles. The van der Waals surface area contributed by atoms with E-state index in [2.05, 4.69) is 15.7 Å². The molecule has 6 nitrogen and oxygen atoms in total. The topological polar surface area (TPSA) is 60.3 Å². The van der Waals surface area contributed by atoms with Gasteiger partial charge in [0.25, 0.3) is 0 Å². The molecule has 0 aliphatic heterocycles. The molecule has 2 aromatic carbocycles. The van der Waals surface area contributed by atoms with Crippen LogP contribution in [0.1, 0.15) is 11.1 Å². The van der Waals surface area contributed by atoms with Crippen LogP contribution in [-0.4, -0.2) is 35.7 Å². The highest BCUT2D eigenvalue weighted by Gasteiger charge is 2.06. The average Bonchev–Trinajstić information content (AvgIpc) is 3.17. The number of aromatic nitrogens is 2.